The van der Waals surface area contributed by atoms with Crippen LogP contribution in [0.2, 0.25) is 0 Å². The van der Waals surface area contributed by atoms with Crippen LogP contribution in [0.15, 0.2) is 11.6 Å². The van der Waals surface area contributed by atoms with Crippen molar-refractivity contribution in [1.29, 1.82) is 0 Å². The van der Waals surface area contributed by atoms with Crippen molar-refractivity contribution < 1.29 is 29.9 Å². The van der Waals surface area contributed by atoms with Crippen molar-refractivity contribution in [2.75, 3.05) is 6.61 Å². The van der Waals surface area contributed by atoms with Gasteiger partial charge in [0.1, 0.15) is 24.4 Å². The van der Waals surface area contributed by atoms with Gasteiger partial charge in [-0.3, -0.25) is 0 Å². The van der Waals surface area contributed by atoms with E-state index in [0.29, 0.717) is 5.41 Å². The van der Waals surface area contributed by atoms with Gasteiger partial charge in [0, 0.05) is 0 Å². The largest absolute Gasteiger partial charge is 0.394 e. The van der Waals surface area contributed by atoms with E-state index in [9.17, 15) is 20.4 Å². The number of rotatable bonds is 9. The van der Waals surface area contributed by atoms with E-state index in [4.69, 9.17) is 9.47 Å². The number of aliphatic hydroxyl groups is 4. The van der Waals surface area contributed by atoms with E-state index in [1.54, 1.807) is 0 Å². The highest BCUT2D eigenvalue weighted by Crippen LogP contribution is 2.67. The highest BCUT2D eigenvalue weighted by atomic mass is 16.7. The monoisotopic (exact) mass is 576 g/mol. The predicted molar refractivity (Wildman–Crippen MR) is 161 cm³/mol. The van der Waals surface area contributed by atoms with Gasteiger partial charge in [0.05, 0.1) is 12.7 Å². The maximum atomic E-state index is 10.5. The van der Waals surface area contributed by atoms with Gasteiger partial charge in [-0.15, -0.1) is 0 Å². The van der Waals surface area contributed by atoms with Crippen molar-refractivity contribution in [3.8, 4) is 0 Å². The van der Waals surface area contributed by atoms with E-state index >= 15 is 0 Å². The highest BCUT2D eigenvalue weighted by molar-refractivity contribution is 5.25. The van der Waals surface area contributed by atoms with Gasteiger partial charge in [-0.1, -0.05) is 66.0 Å². The molecule has 1 saturated heterocycles. The maximum absolute atomic E-state index is 10.5. The van der Waals surface area contributed by atoms with E-state index in [1.807, 2.05) is 0 Å². The van der Waals surface area contributed by atoms with Crippen LogP contribution >= 0.6 is 0 Å². The van der Waals surface area contributed by atoms with Gasteiger partial charge >= 0.3 is 0 Å². The first kappa shape index (κ1) is 31.9. The van der Waals surface area contributed by atoms with Gasteiger partial charge in [0.2, 0.25) is 0 Å². The minimum absolute atomic E-state index is 0.101. The second kappa shape index (κ2) is 12.5. The average molecular weight is 577 g/mol. The van der Waals surface area contributed by atoms with E-state index in [1.165, 1.54) is 56.9 Å². The Labute approximate surface area is 249 Å². The molecule has 0 aromatic heterocycles. The first-order chi connectivity index (χ1) is 19.4. The van der Waals surface area contributed by atoms with Crippen LogP contribution in [0.3, 0.4) is 0 Å². The Morgan fingerprint density at radius 1 is 0.951 bits per heavy atom. The summed E-state index contributed by atoms with van der Waals surface area (Å²) in [6.45, 7) is 14.5. The second-order valence-corrected chi connectivity index (χ2v) is 15.7. The Morgan fingerprint density at radius 3 is 2.39 bits per heavy atom. The second-order valence-electron chi connectivity index (χ2n) is 15.7. The fraction of sp³-hybridized carbons (Fsp3) is 0.943. The molecule has 5 aliphatic rings. The fourth-order valence-electron chi connectivity index (χ4n) is 10.8. The first-order valence-corrected chi connectivity index (χ1v) is 17.1. The molecule has 4 N–H and O–H groups in total. The van der Waals surface area contributed by atoms with Crippen LogP contribution in [0.25, 0.3) is 0 Å². The average Bonchev–Trinajstić information content (AvgIpc) is 3.30. The van der Waals surface area contributed by atoms with Gasteiger partial charge in [-0.2, -0.15) is 0 Å². The van der Waals surface area contributed by atoms with E-state index in [2.05, 4.69) is 47.6 Å². The lowest BCUT2D eigenvalue weighted by atomic mass is 9.47. The lowest BCUT2D eigenvalue weighted by Crippen LogP contribution is -2.60. The lowest BCUT2D eigenvalue weighted by Gasteiger charge is -2.58. The highest BCUT2D eigenvalue weighted by Gasteiger charge is 2.59. The summed E-state index contributed by atoms with van der Waals surface area (Å²) in [5.74, 6) is 5.66. The van der Waals surface area contributed by atoms with Crippen molar-refractivity contribution in [2.24, 2.45) is 52.3 Å². The molecule has 0 aromatic carbocycles. The molecule has 0 radical (unpaired) electrons. The summed E-state index contributed by atoms with van der Waals surface area (Å²) in [6.07, 6.45) is 9.92. The molecule has 0 bridgehead atoms. The van der Waals surface area contributed by atoms with Crippen LogP contribution in [-0.2, 0) is 9.47 Å². The third-order valence-electron chi connectivity index (χ3n) is 13.5. The van der Waals surface area contributed by atoms with Crippen molar-refractivity contribution in [3.63, 3.8) is 0 Å². The summed E-state index contributed by atoms with van der Waals surface area (Å²) in [4.78, 5) is 0. The quantitative estimate of drug-likeness (QED) is 0.257. The number of hydrogen-bond acceptors (Lipinski definition) is 6. The van der Waals surface area contributed by atoms with Crippen LogP contribution in [-0.4, -0.2) is 63.8 Å². The van der Waals surface area contributed by atoms with Gasteiger partial charge in [0.15, 0.2) is 6.29 Å². The molecule has 41 heavy (non-hydrogen) atoms. The summed E-state index contributed by atoms with van der Waals surface area (Å²) in [6, 6.07) is 0. The van der Waals surface area contributed by atoms with Gasteiger partial charge in [0.25, 0.3) is 0 Å². The molecule has 6 heteroatoms. The Kier molecular flexibility index (Phi) is 9.71. The fourth-order valence-corrected chi connectivity index (χ4v) is 10.8. The van der Waals surface area contributed by atoms with Crippen molar-refractivity contribution in [3.05, 3.63) is 11.6 Å². The van der Waals surface area contributed by atoms with Crippen molar-refractivity contribution in [1.82, 2.24) is 0 Å². The molecule has 0 unspecified atom stereocenters. The molecule has 236 valence electrons. The molecule has 1 heterocycles. The zero-order valence-electron chi connectivity index (χ0n) is 26.7. The van der Waals surface area contributed by atoms with Crippen LogP contribution in [0.1, 0.15) is 112 Å². The summed E-state index contributed by atoms with van der Waals surface area (Å²) in [7, 11) is 0. The molecule has 14 atom stereocenters. The molecular weight excluding hydrogens is 516 g/mol. The standard InChI is InChI=1S/C35H60O6/c1-7-22(20(2)3)9-8-21(4)26-12-13-27-25-11-10-23-18-24(14-16-34(23,5)28(25)15-17-35(26,27)6)40-33-32(39)31(38)30(37)29(19-36)41-33/h10,20-22,24-33,36-39H,7-9,11-19H2,1-6H3/t21-,22-,24+,25-,26-,27-,28-,29+,30-,31+,32+,33-,34+,35-/m1/s1. The third kappa shape index (κ3) is 5.73. The van der Waals surface area contributed by atoms with Crippen LogP contribution in [0.5, 0.6) is 0 Å². The molecule has 3 saturated carbocycles. The molecule has 4 aliphatic carbocycles. The molecule has 0 amide bonds. The van der Waals surface area contributed by atoms with E-state index in [0.717, 1.165) is 60.7 Å². The van der Waals surface area contributed by atoms with Crippen molar-refractivity contribution in [2.45, 2.75) is 149 Å². The number of hydrogen-bond donors (Lipinski definition) is 4. The van der Waals surface area contributed by atoms with E-state index < -0.39 is 37.3 Å². The minimum atomic E-state index is -1.40. The molecular formula is C35H60O6. The van der Waals surface area contributed by atoms with Crippen LogP contribution in [0.4, 0.5) is 0 Å². The topological polar surface area (TPSA) is 99.4 Å². The Morgan fingerprint density at radius 2 is 1.71 bits per heavy atom. The maximum Gasteiger partial charge on any atom is 0.186 e. The number of allylic oxidation sites excluding steroid dienone is 1. The third-order valence-corrected chi connectivity index (χ3v) is 13.5. The summed E-state index contributed by atoms with van der Waals surface area (Å²) < 4.78 is 11.9. The summed E-state index contributed by atoms with van der Waals surface area (Å²) in [5.41, 5.74) is 2.19. The number of aliphatic hydroxyl groups excluding tert-OH is 4. The normalized spacial score (nSPS) is 47.7. The molecule has 1 aliphatic heterocycles. The predicted octanol–water partition coefficient (Wildman–Crippen LogP) is 5.85. The molecule has 5 rings (SSSR count). The molecule has 6 nitrogen and oxygen atoms in total. The van der Waals surface area contributed by atoms with Crippen LogP contribution < -0.4 is 0 Å². The first-order valence-electron chi connectivity index (χ1n) is 17.1. The molecule has 0 aromatic rings. The number of fused-ring (bicyclic) bond motifs is 5. The SMILES string of the molecule is CC[C@H](CC[C@@H](C)[C@H]1CC[C@@H]2[C@H]3CC=C4C[C@@H](O[C@@H]5O[C@@H](CO)[C@@H](O)[C@H](O)[C@@H]5O)CC[C@]4(C)[C@@H]3CC[C@@]21C)C(C)C. The molecule has 0 spiro atoms. The molecule has 4 fully saturated rings. The Bertz CT molecular complexity index is 918. The Hall–Kier alpha value is -0.500. The van der Waals surface area contributed by atoms with E-state index in [-0.39, 0.29) is 11.5 Å². The van der Waals surface area contributed by atoms with Gasteiger partial charge in [-0.25, -0.2) is 0 Å². The summed E-state index contributed by atoms with van der Waals surface area (Å²) >= 11 is 0. The summed E-state index contributed by atoms with van der Waals surface area (Å²) in [5, 5.41) is 40.4. The zero-order chi connectivity index (χ0) is 29.7. The van der Waals surface area contributed by atoms with Gasteiger partial charge in [-0.05, 0) is 110 Å². The van der Waals surface area contributed by atoms with Gasteiger partial charge < -0.3 is 29.9 Å². The minimum Gasteiger partial charge on any atom is -0.394 e. The number of ether oxygens (including phenoxy) is 2. The smallest absolute Gasteiger partial charge is 0.186 e. The van der Waals surface area contributed by atoms with Crippen LogP contribution in [0, 0.1) is 52.3 Å². The lowest BCUT2D eigenvalue weighted by molar-refractivity contribution is -0.313. The van der Waals surface area contributed by atoms with Crippen molar-refractivity contribution >= 4 is 0 Å². The zero-order valence-corrected chi connectivity index (χ0v) is 26.7. The Balaban J connectivity index is 1.24.